The Kier molecular flexibility index (Phi) is 4.60. The van der Waals surface area contributed by atoms with E-state index in [2.05, 4.69) is 12.2 Å². The number of halogens is 1. The molecule has 1 saturated carbocycles. The number of hydrogen-bond acceptors (Lipinski definition) is 2. The first-order valence-electron chi connectivity index (χ1n) is 7.32. The Hall–Kier alpha value is -1.91. The number of carbonyl (C=O) groups excluding carboxylic acids is 2. The third-order valence-electron chi connectivity index (χ3n) is 3.89. The lowest BCUT2D eigenvalue weighted by molar-refractivity contribution is -0.141. The van der Waals surface area contributed by atoms with E-state index in [1.165, 1.54) is 24.3 Å². The van der Waals surface area contributed by atoms with Crippen LogP contribution in [0.4, 0.5) is 10.1 Å². The summed E-state index contributed by atoms with van der Waals surface area (Å²) in [5.41, 5.74) is -0.409. The first kappa shape index (κ1) is 15.5. The molecule has 0 radical (unpaired) electrons. The Morgan fingerprint density at radius 1 is 1.29 bits per heavy atom. The summed E-state index contributed by atoms with van der Waals surface area (Å²) in [5, 5.41) is 2.71. The van der Waals surface area contributed by atoms with Crippen molar-refractivity contribution in [2.45, 2.75) is 32.6 Å². The lowest BCUT2D eigenvalue weighted by Crippen LogP contribution is -2.41. The summed E-state index contributed by atoms with van der Waals surface area (Å²) in [7, 11) is 1.74. The van der Waals surface area contributed by atoms with E-state index in [-0.39, 0.29) is 17.6 Å². The van der Waals surface area contributed by atoms with Crippen LogP contribution in [-0.4, -0.2) is 30.3 Å². The van der Waals surface area contributed by atoms with E-state index in [4.69, 9.17) is 0 Å². The highest BCUT2D eigenvalue weighted by atomic mass is 19.1. The average molecular weight is 292 g/mol. The molecule has 1 aliphatic carbocycles. The van der Waals surface area contributed by atoms with Gasteiger partial charge in [-0.2, -0.15) is 0 Å². The molecule has 0 aliphatic heterocycles. The first-order chi connectivity index (χ1) is 9.99. The Morgan fingerprint density at radius 3 is 2.43 bits per heavy atom. The quantitative estimate of drug-likeness (QED) is 0.820. The SMILES string of the molecule is CCCCN(C)C(=O)C1(C(=O)Nc2ccc(F)cc2)CC1. The van der Waals surface area contributed by atoms with Crippen LogP contribution in [0.15, 0.2) is 24.3 Å². The lowest BCUT2D eigenvalue weighted by atomic mass is 10.0. The summed E-state index contributed by atoms with van der Waals surface area (Å²) in [4.78, 5) is 26.4. The molecule has 1 fully saturated rings. The van der Waals surface area contributed by atoms with Gasteiger partial charge in [-0.05, 0) is 43.5 Å². The highest BCUT2D eigenvalue weighted by Gasteiger charge is 2.57. The van der Waals surface area contributed by atoms with Crippen molar-refractivity contribution in [3.63, 3.8) is 0 Å². The molecule has 5 heteroatoms. The van der Waals surface area contributed by atoms with Gasteiger partial charge in [-0.15, -0.1) is 0 Å². The molecule has 0 bridgehead atoms. The number of rotatable bonds is 6. The molecule has 0 saturated heterocycles. The van der Waals surface area contributed by atoms with Crippen molar-refractivity contribution in [2.75, 3.05) is 18.9 Å². The summed E-state index contributed by atoms with van der Waals surface area (Å²) in [6.07, 6.45) is 3.09. The lowest BCUT2D eigenvalue weighted by Gasteiger charge is -2.23. The number of nitrogens with one attached hydrogen (secondary N) is 1. The Morgan fingerprint density at radius 2 is 1.90 bits per heavy atom. The Balaban J connectivity index is 2.00. The Bertz CT molecular complexity index is 524. The van der Waals surface area contributed by atoms with Gasteiger partial charge in [0.25, 0.3) is 0 Å². The van der Waals surface area contributed by atoms with E-state index < -0.39 is 5.41 Å². The fraction of sp³-hybridized carbons (Fsp3) is 0.500. The second kappa shape index (κ2) is 6.24. The topological polar surface area (TPSA) is 49.4 Å². The van der Waals surface area contributed by atoms with Crippen molar-refractivity contribution in [3.8, 4) is 0 Å². The maximum atomic E-state index is 12.8. The Labute approximate surface area is 124 Å². The highest BCUT2D eigenvalue weighted by molar-refractivity contribution is 6.12. The van der Waals surface area contributed by atoms with Gasteiger partial charge in [0.15, 0.2) is 0 Å². The normalized spacial score (nSPS) is 15.4. The predicted octanol–water partition coefficient (Wildman–Crippen LogP) is 2.80. The molecule has 0 heterocycles. The maximum Gasteiger partial charge on any atom is 0.240 e. The van der Waals surface area contributed by atoms with Gasteiger partial charge < -0.3 is 10.2 Å². The zero-order valence-corrected chi connectivity index (χ0v) is 12.5. The van der Waals surface area contributed by atoms with Gasteiger partial charge in [-0.25, -0.2) is 4.39 Å². The largest absolute Gasteiger partial charge is 0.345 e. The van der Waals surface area contributed by atoms with Gasteiger partial charge in [0.05, 0.1) is 0 Å². The fourth-order valence-corrected chi connectivity index (χ4v) is 2.31. The van der Waals surface area contributed by atoms with Gasteiger partial charge in [-0.3, -0.25) is 9.59 Å². The molecule has 1 aromatic carbocycles. The van der Waals surface area contributed by atoms with E-state index in [9.17, 15) is 14.0 Å². The van der Waals surface area contributed by atoms with Crippen LogP contribution in [0.3, 0.4) is 0 Å². The second-order valence-corrected chi connectivity index (χ2v) is 5.62. The number of nitrogens with zero attached hydrogens (tertiary/aromatic N) is 1. The zero-order valence-electron chi connectivity index (χ0n) is 12.5. The first-order valence-corrected chi connectivity index (χ1v) is 7.32. The number of anilines is 1. The molecule has 0 spiro atoms. The molecule has 114 valence electrons. The van der Waals surface area contributed by atoms with Gasteiger partial charge in [0, 0.05) is 19.3 Å². The summed E-state index contributed by atoms with van der Waals surface area (Å²) in [5.74, 6) is -0.762. The fourth-order valence-electron chi connectivity index (χ4n) is 2.31. The molecule has 2 amide bonds. The van der Waals surface area contributed by atoms with Crippen molar-refractivity contribution < 1.29 is 14.0 Å². The minimum atomic E-state index is -0.920. The molecular weight excluding hydrogens is 271 g/mol. The number of amides is 2. The molecule has 0 aromatic heterocycles. The van der Waals surface area contributed by atoms with E-state index in [1.54, 1.807) is 11.9 Å². The number of carbonyl (C=O) groups is 2. The van der Waals surface area contributed by atoms with Crippen molar-refractivity contribution in [2.24, 2.45) is 5.41 Å². The molecule has 4 nitrogen and oxygen atoms in total. The number of unbranched alkanes of at least 4 members (excludes halogenated alkanes) is 1. The van der Waals surface area contributed by atoms with Crippen LogP contribution in [0.1, 0.15) is 32.6 Å². The van der Waals surface area contributed by atoms with Crippen molar-refractivity contribution in [1.29, 1.82) is 0 Å². The molecule has 21 heavy (non-hydrogen) atoms. The smallest absolute Gasteiger partial charge is 0.240 e. The van der Waals surface area contributed by atoms with Crippen LogP contribution in [0.5, 0.6) is 0 Å². The molecule has 0 unspecified atom stereocenters. The second-order valence-electron chi connectivity index (χ2n) is 5.62. The van der Waals surface area contributed by atoms with Gasteiger partial charge >= 0.3 is 0 Å². The minimum Gasteiger partial charge on any atom is -0.345 e. The number of benzene rings is 1. The monoisotopic (exact) mass is 292 g/mol. The average Bonchev–Trinajstić information content (AvgIpc) is 3.28. The van der Waals surface area contributed by atoms with Crippen molar-refractivity contribution in [3.05, 3.63) is 30.1 Å². The number of hydrogen-bond donors (Lipinski definition) is 1. The van der Waals surface area contributed by atoms with Crippen LogP contribution in [0.25, 0.3) is 0 Å². The minimum absolute atomic E-state index is 0.115. The van der Waals surface area contributed by atoms with Gasteiger partial charge in [0.1, 0.15) is 11.2 Å². The van der Waals surface area contributed by atoms with Crippen LogP contribution >= 0.6 is 0 Å². The van der Waals surface area contributed by atoms with Crippen molar-refractivity contribution in [1.82, 2.24) is 4.90 Å². The third kappa shape index (κ3) is 3.40. The molecule has 2 rings (SSSR count). The summed E-state index contributed by atoms with van der Waals surface area (Å²) < 4.78 is 12.8. The van der Waals surface area contributed by atoms with Crippen LogP contribution < -0.4 is 5.32 Å². The highest BCUT2D eigenvalue weighted by Crippen LogP contribution is 2.48. The molecule has 1 N–H and O–H groups in total. The molecular formula is C16H21FN2O2. The van der Waals surface area contributed by atoms with Crippen LogP contribution in [0.2, 0.25) is 0 Å². The maximum absolute atomic E-state index is 12.8. The predicted molar refractivity (Wildman–Crippen MR) is 79.2 cm³/mol. The standard InChI is InChI=1S/C16H21FN2O2/c1-3-4-11-19(2)15(21)16(9-10-16)14(20)18-13-7-5-12(17)6-8-13/h5-8H,3-4,9-11H2,1-2H3,(H,18,20). The van der Waals surface area contributed by atoms with Gasteiger partial charge in [-0.1, -0.05) is 13.3 Å². The van der Waals surface area contributed by atoms with E-state index in [1.807, 2.05) is 0 Å². The molecule has 1 aromatic rings. The van der Waals surface area contributed by atoms with E-state index in [0.717, 1.165) is 12.8 Å². The summed E-state index contributed by atoms with van der Waals surface area (Å²) in [6, 6.07) is 5.55. The molecule has 1 aliphatic rings. The van der Waals surface area contributed by atoms with Crippen LogP contribution in [0, 0.1) is 11.2 Å². The van der Waals surface area contributed by atoms with Gasteiger partial charge in [0.2, 0.25) is 11.8 Å². The summed E-state index contributed by atoms with van der Waals surface area (Å²) >= 11 is 0. The van der Waals surface area contributed by atoms with Crippen LogP contribution in [-0.2, 0) is 9.59 Å². The van der Waals surface area contributed by atoms with E-state index >= 15 is 0 Å². The summed E-state index contributed by atoms with van der Waals surface area (Å²) in [6.45, 7) is 2.73. The van der Waals surface area contributed by atoms with E-state index in [0.29, 0.717) is 25.1 Å². The van der Waals surface area contributed by atoms with Crippen molar-refractivity contribution >= 4 is 17.5 Å². The molecule has 0 atom stereocenters. The third-order valence-corrected chi connectivity index (χ3v) is 3.89. The zero-order chi connectivity index (χ0) is 15.5.